The normalized spacial score (nSPS) is 11.5. The van der Waals surface area contributed by atoms with Crippen molar-refractivity contribution in [3.63, 3.8) is 0 Å². The van der Waals surface area contributed by atoms with E-state index in [0.717, 1.165) is 0 Å². The summed E-state index contributed by atoms with van der Waals surface area (Å²) in [6, 6.07) is 12.5. The average molecular weight is 398 g/mol. The van der Waals surface area contributed by atoms with Gasteiger partial charge in [-0.25, -0.2) is 13.2 Å². The molecule has 2 aromatic rings. The Bertz CT molecular complexity index is 819. The molecule has 0 saturated heterocycles. The Balaban J connectivity index is 2.65. The van der Waals surface area contributed by atoms with E-state index in [-0.39, 0.29) is 21.0 Å². The number of halogens is 1. The third kappa shape index (κ3) is 3.40. The Morgan fingerprint density at radius 1 is 1.09 bits per heavy atom. The van der Waals surface area contributed by atoms with Gasteiger partial charge in [-0.1, -0.05) is 24.3 Å². The zero-order valence-electron chi connectivity index (χ0n) is 12.6. The number of nitrogens with zero attached hydrogens (tertiary/aromatic N) is 1. The van der Waals surface area contributed by atoms with Gasteiger partial charge in [0.2, 0.25) is 0 Å². The molecule has 0 heterocycles. The fourth-order valence-corrected chi connectivity index (χ4v) is 5.07. The standard InChI is InChI=1S/C16H16BrNO4S/c1-11(2)18(12-7-4-3-5-8-12)23(21,22)14-10-6-9-13(15(14)17)16(19)20/h3-11H,1-2H3,(H,19,20). The molecule has 2 aromatic carbocycles. The molecule has 7 heteroatoms. The lowest BCUT2D eigenvalue weighted by Gasteiger charge is -2.28. The predicted molar refractivity (Wildman–Crippen MR) is 92.3 cm³/mol. The Labute approximate surface area is 143 Å². The first-order valence-corrected chi connectivity index (χ1v) is 9.11. The third-order valence-corrected chi connectivity index (χ3v) is 6.37. The zero-order chi connectivity index (χ0) is 17.2. The molecule has 0 atom stereocenters. The minimum Gasteiger partial charge on any atom is -0.478 e. The van der Waals surface area contributed by atoms with Crippen LogP contribution in [-0.2, 0) is 10.0 Å². The molecule has 0 fully saturated rings. The first kappa shape index (κ1) is 17.5. The van der Waals surface area contributed by atoms with Crippen LogP contribution < -0.4 is 4.31 Å². The van der Waals surface area contributed by atoms with Crippen molar-refractivity contribution in [3.05, 3.63) is 58.6 Å². The quantitative estimate of drug-likeness (QED) is 0.833. The summed E-state index contributed by atoms with van der Waals surface area (Å²) in [5.74, 6) is -1.19. The highest BCUT2D eigenvalue weighted by molar-refractivity contribution is 9.10. The van der Waals surface area contributed by atoms with E-state index < -0.39 is 16.0 Å². The summed E-state index contributed by atoms with van der Waals surface area (Å²) in [5, 5.41) is 9.18. The second-order valence-corrected chi connectivity index (χ2v) is 7.73. The predicted octanol–water partition coefficient (Wildman–Crippen LogP) is 3.75. The largest absolute Gasteiger partial charge is 0.478 e. The topological polar surface area (TPSA) is 74.7 Å². The SMILES string of the molecule is CC(C)N(c1ccccc1)S(=O)(=O)c1cccc(C(=O)O)c1Br. The summed E-state index contributed by atoms with van der Waals surface area (Å²) in [7, 11) is -3.92. The number of carboxylic acid groups (broad SMARTS) is 1. The first-order valence-electron chi connectivity index (χ1n) is 6.88. The Kier molecular flexibility index (Phi) is 5.11. The maximum atomic E-state index is 13.1. The van der Waals surface area contributed by atoms with Gasteiger partial charge in [-0.05, 0) is 54.0 Å². The van der Waals surface area contributed by atoms with E-state index in [1.54, 1.807) is 44.2 Å². The molecule has 0 aliphatic heterocycles. The van der Waals surface area contributed by atoms with Crippen LogP contribution in [0.2, 0.25) is 0 Å². The molecule has 0 aliphatic rings. The van der Waals surface area contributed by atoms with Crippen LogP contribution in [0.3, 0.4) is 0 Å². The van der Waals surface area contributed by atoms with Crippen molar-refractivity contribution >= 4 is 37.6 Å². The monoisotopic (exact) mass is 397 g/mol. The van der Waals surface area contributed by atoms with Gasteiger partial charge < -0.3 is 5.11 Å². The second-order valence-electron chi connectivity index (χ2n) is 5.15. The maximum Gasteiger partial charge on any atom is 0.336 e. The molecule has 0 saturated carbocycles. The van der Waals surface area contributed by atoms with Crippen LogP contribution in [-0.4, -0.2) is 25.5 Å². The average Bonchev–Trinajstić information content (AvgIpc) is 2.47. The highest BCUT2D eigenvalue weighted by atomic mass is 79.9. The summed E-state index contributed by atoms with van der Waals surface area (Å²) in [6.07, 6.45) is 0. The van der Waals surface area contributed by atoms with Crippen LogP contribution in [0, 0.1) is 0 Å². The lowest BCUT2D eigenvalue weighted by atomic mass is 10.2. The van der Waals surface area contributed by atoms with E-state index >= 15 is 0 Å². The van der Waals surface area contributed by atoms with Gasteiger partial charge in [0.25, 0.3) is 10.0 Å². The van der Waals surface area contributed by atoms with E-state index in [0.29, 0.717) is 5.69 Å². The van der Waals surface area contributed by atoms with Gasteiger partial charge in [-0.15, -0.1) is 0 Å². The fourth-order valence-electron chi connectivity index (χ4n) is 2.27. The number of sulfonamides is 1. The van der Waals surface area contributed by atoms with Gasteiger partial charge in [0.15, 0.2) is 0 Å². The number of hydrogen-bond donors (Lipinski definition) is 1. The summed E-state index contributed by atoms with van der Waals surface area (Å²) in [4.78, 5) is 11.2. The van der Waals surface area contributed by atoms with Gasteiger partial charge in [-0.3, -0.25) is 4.31 Å². The lowest BCUT2D eigenvalue weighted by molar-refractivity contribution is 0.0695. The molecule has 0 unspecified atom stereocenters. The van der Waals surface area contributed by atoms with E-state index in [1.807, 2.05) is 0 Å². The molecule has 0 aliphatic carbocycles. The van der Waals surface area contributed by atoms with Crippen molar-refractivity contribution in [3.8, 4) is 0 Å². The summed E-state index contributed by atoms with van der Waals surface area (Å²) in [5.41, 5.74) is 0.429. The Morgan fingerprint density at radius 3 is 2.22 bits per heavy atom. The second kappa shape index (κ2) is 6.72. The molecule has 23 heavy (non-hydrogen) atoms. The van der Waals surface area contributed by atoms with E-state index in [2.05, 4.69) is 15.9 Å². The van der Waals surface area contributed by atoms with Crippen LogP contribution >= 0.6 is 15.9 Å². The molecule has 0 aromatic heterocycles. The minimum absolute atomic E-state index is 0.0501. The molecule has 0 spiro atoms. The van der Waals surface area contributed by atoms with Crippen LogP contribution in [0.1, 0.15) is 24.2 Å². The molecule has 5 nitrogen and oxygen atoms in total. The van der Waals surface area contributed by atoms with E-state index in [4.69, 9.17) is 0 Å². The van der Waals surface area contributed by atoms with Gasteiger partial charge in [0.05, 0.1) is 15.7 Å². The highest BCUT2D eigenvalue weighted by Crippen LogP contribution is 2.32. The molecule has 0 bridgehead atoms. The fraction of sp³-hybridized carbons (Fsp3) is 0.188. The summed E-state index contributed by atoms with van der Waals surface area (Å²) < 4.78 is 27.5. The molecule has 1 N–H and O–H groups in total. The van der Waals surface area contributed by atoms with Crippen molar-refractivity contribution in [2.75, 3.05) is 4.31 Å². The Morgan fingerprint density at radius 2 is 1.70 bits per heavy atom. The van der Waals surface area contributed by atoms with E-state index in [9.17, 15) is 18.3 Å². The zero-order valence-corrected chi connectivity index (χ0v) is 15.0. The molecular weight excluding hydrogens is 382 g/mol. The maximum absolute atomic E-state index is 13.1. The number of carbonyl (C=O) groups is 1. The summed E-state index contributed by atoms with van der Waals surface area (Å²) in [6.45, 7) is 3.53. The number of para-hydroxylation sites is 1. The van der Waals surface area contributed by atoms with Crippen molar-refractivity contribution < 1.29 is 18.3 Å². The van der Waals surface area contributed by atoms with Crippen LogP contribution in [0.25, 0.3) is 0 Å². The number of benzene rings is 2. The molecule has 0 amide bonds. The van der Waals surface area contributed by atoms with Gasteiger partial charge in [-0.2, -0.15) is 0 Å². The van der Waals surface area contributed by atoms with Crippen LogP contribution in [0.5, 0.6) is 0 Å². The first-order chi connectivity index (χ1) is 10.8. The number of carboxylic acids is 1. The van der Waals surface area contributed by atoms with Gasteiger partial charge in [0.1, 0.15) is 4.90 Å². The highest BCUT2D eigenvalue weighted by Gasteiger charge is 2.30. The van der Waals surface area contributed by atoms with Gasteiger partial charge in [0, 0.05) is 6.04 Å². The summed E-state index contributed by atoms with van der Waals surface area (Å²) >= 11 is 3.12. The number of rotatable bonds is 5. The minimum atomic E-state index is -3.92. The Hall–Kier alpha value is -1.86. The van der Waals surface area contributed by atoms with Crippen molar-refractivity contribution in [1.29, 1.82) is 0 Å². The third-order valence-electron chi connectivity index (χ3n) is 3.21. The smallest absolute Gasteiger partial charge is 0.336 e. The van der Waals surface area contributed by atoms with Crippen molar-refractivity contribution in [2.24, 2.45) is 0 Å². The van der Waals surface area contributed by atoms with Crippen molar-refractivity contribution in [2.45, 2.75) is 24.8 Å². The number of anilines is 1. The van der Waals surface area contributed by atoms with Gasteiger partial charge >= 0.3 is 5.97 Å². The molecule has 2 rings (SSSR count). The van der Waals surface area contributed by atoms with Crippen LogP contribution in [0.15, 0.2) is 57.9 Å². The van der Waals surface area contributed by atoms with Crippen molar-refractivity contribution in [1.82, 2.24) is 0 Å². The molecular formula is C16H16BrNO4S. The lowest BCUT2D eigenvalue weighted by Crippen LogP contribution is -2.37. The molecule has 122 valence electrons. The van der Waals surface area contributed by atoms with Crippen LogP contribution in [0.4, 0.5) is 5.69 Å². The molecule has 0 radical (unpaired) electrons. The van der Waals surface area contributed by atoms with E-state index in [1.165, 1.54) is 22.5 Å². The number of hydrogen-bond acceptors (Lipinski definition) is 3. The number of aromatic carboxylic acids is 1.